The number of nitrogen functional groups attached to an aromatic ring is 2. The molecule has 3 rings (SSSR count). The van der Waals surface area contributed by atoms with E-state index in [1.807, 2.05) is 43.3 Å². The smallest absolute Gasteiger partial charge is 0.395 e. The normalized spacial score (nSPS) is 11.4. The largest absolute Gasteiger partial charge is 0.416 e. The fourth-order valence-electron chi connectivity index (χ4n) is 2.66. The van der Waals surface area contributed by atoms with Crippen molar-refractivity contribution in [3.8, 4) is 22.5 Å². The standard InChI is InChI=1S/C19H18F3N5/c1-27(2)14-9-5-12(6-10-14)17-15(23)16(25-18(24)26-17)11-3-7-13(8-4-11)19(20,21)22/h3-10H,23H2,1-2H3,(H2,24,25,26). The quantitative estimate of drug-likeness (QED) is 0.724. The van der Waals surface area contributed by atoms with Crippen LogP contribution in [0.3, 0.4) is 0 Å². The highest BCUT2D eigenvalue weighted by atomic mass is 19.4. The fraction of sp³-hybridized carbons (Fsp3) is 0.158. The van der Waals surface area contributed by atoms with Crippen LogP contribution in [-0.4, -0.2) is 24.1 Å². The van der Waals surface area contributed by atoms with Crippen molar-refractivity contribution in [1.82, 2.24) is 9.97 Å². The lowest BCUT2D eigenvalue weighted by Gasteiger charge is -2.14. The molecular formula is C19H18F3N5. The van der Waals surface area contributed by atoms with Gasteiger partial charge in [0.2, 0.25) is 5.95 Å². The highest BCUT2D eigenvalue weighted by Gasteiger charge is 2.30. The van der Waals surface area contributed by atoms with Crippen LogP contribution in [0, 0.1) is 0 Å². The van der Waals surface area contributed by atoms with Gasteiger partial charge in [-0.25, -0.2) is 9.97 Å². The van der Waals surface area contributed by atoms with Crippen LogP contribution >= 0.6 is 0 Å². The number of alkyl halides is 3. The molecule has 0 aliphatic rings. The molecule has 1 aromatic heterocycles. The molecule has 0 spiro atoms. The van der Waals surface area contributed by atoms with E-state index in [0.717, 1.165) is 23.4 Å². The third-order valence-electron chi connectivity index (χ3n) is 4.11. The molecule has 8 heteroatoms. The summed E-state index contributed by atoms with van der Waals surface area (Å²) in [6.07, 6.45) is -4.41. The van der Waals surface area contributed by atoms with Gasteiger partial charge in [0.15, 0.2) is 0 Å². The molecule has 0 fully saturated rings. The number of hydrogen-bond acceptors (Lipinski definition) is 5. The van der Waals surface area contributed by atoms with Gasteiger partial charge in [-0.3, -0.25) is 0 Å². The number of benzene rings is 2. The van der Waals surface area contributed by atoms with Crippen molar-refractivity contribution in [2.24, 2.45) is 0 Å². The Hall–Kier alpha value is -3.29. The second-order valence-corrected chi connectivity index (χ2v) is 6.21. The molecule has 0 radical (unpaired) electrons. The molecule has 0 aliphatic heterocycles. The molecule has 3 aromatic rings. The SMILES string of the molecule is CN(C)c1ccc(-c2nc(N)nc(-c3ccc(C(F)(F)F)cc3)c2N)cc1. The average molecular weight is 373 g/mol. The highest BCUT2D eigenvalue weighted by Crippen LogP contribution is 2.35. The number of halogens is 3. The minimum atomic E-state index is -4.41. The Morgan fingerprint density at radius 2 is 1.22 bits per heavy atom. The Balaban J connectivity index is 2.06. The van der Waals surface area contributed by atoms with Crippen LogP contribution in [-0.2, 0) is 6.18 Å². The van der Waals surface area contributed by atoms with Crippen molar-refractivity contribution >= 4 is 17.3 Å². The van der Waals surface area contributed by atoms with E-state index >= 15 is 0 Å². The molecule has 5 nitrogen and oxygen atoms in total. The fourth-order valence-corrected chi connectivity index (χ4v) is 2.66. The second kappa shape index (κ2) is 6.79. The van der Waals surface area contributed by atoms with Crippen LogP contribution in [0.15, 0.2) is 48.5 Å². The van der Waals surface area contributed by atoms with E-state index in [1.54, 1.807) is 0 Å². The molecular weight excluding hydrogens is 355 g/mol. The zero-order chi connectivity index (χ0) is 19.8. The summed E-state index contributed by atoms with van der Waals surface area (Å²) in [7, 11) is 3.85. The van der Waals surface area contributed by atoms with E-state index in [1.165, 1.54) is 12.1 Å². The lowest BCUT2D eigenvalue weighted by Crippen LogP contribution is -2.08. The predicted molar refractivity (Wildman–Crippen MR) is 101 cm³/mol. The summed E-state index contributed by atoms with van der Waals surface area (Å²) >= 11 is 0. The molecule has 27 heavy (non-hydrogen) atoms. The Bertz CT molecular complexity index is 949. The minimum absolute atomic E-state index is 0.00853. The number of rotatable bonds is 3. The molecule has 1 heterocycles. The summed E-state index contributed by atoms with van der Waals surface area (Å²) in [4.78, 5) is 10.3. The summed E-state index contributed by atoms with van der Waals surface area (Å²) in [5.41, 5.74) is 14.4. The molecule has 0 unspecified atom stereocenters. The minimum Gasteiger partial charge on any atom is -0.395 e. The molecule has 0 amide bonds. The summed E-state index contributed by atoms with van der Waals surface area (Å²) in [6, 6.07) is 12.1. The molecule has 140 valence electrons. The van der Waals surface area contributed by atoms with E-state index in [-0.39, 0.29) is 11.6 Å². The van der Waals surface area contributed by atoms with Crippen molar-refractivity contribution < 1.29 is 13.2 Å². The van der Waals surface area contributed by atoms with Gasteiger partial charge in [-0.05, 0) is 24.3 Å². The third-order valence-corrected chi connectivity index (χ3v) is 4.11. The number of aromatic nitrogens is 2. The van der Waals surface area contributed by atoms with Gasteiger partial charge in [0.1, 0.15) is 0 Å². The van der Waals surface area contributed by atoms with Crippen molar-refractivity contribution in [2.45, 2.75) is 6.18 Å². The van der Waals surface area contributed by atoms with E-state index in [0.29, 0.717) is 17.0 Å². The van der Waals surface area contributed by atoms with E-state index in [2.05, 4.69) is 9.97 Å². The summed E-state index contributed by atoms with van der Waals surface area (Å²) in [6.45, 7) is 0. The van der Waals surface area contributed by atoms with Gasteiger partial charge < -0.3 is 16.4 Å². The van der Waals surface area contributed by atoms with Gasteiger partial charge in [0.05, 0.1) is 22.6 Å². The summed E-state index contributed by atoms with van der Waals surface area (Å²) < 4.78 is 38.3. The Morgan fingerprint density at radius 1 is 0.778 bits per heavy atom. The van der Waals surface area contributed by atoms with Gasteiger partial charge in [0, 0.05) is 30.9 Å². The number of nitrogens with two attached hydrogens (primary N) is 2. The van der Waals surface area contributed by atoms with Gasteiger partial charge >= 0.3 is 6.18 Å². The van der Waals surface area contributed by atoms with Crippen LogP contribution in [0.1, 0.15) is 5.56 Å². The maximum Gasteiger partial charge on any atom is 0.416 e. The van der Waals surface area contributed by atoms with Gasteiger partial charge in [-0.2, -0.15) is 13.2 Å². The number of anilines is 3. The maximum atomic E-state index is 12.8. The molecule has 2 aromatic carbocycles. The average Bonchev–Trinajstić information content (AvgIpc) is 2.63. The Kier molecular flexibility index (Phi) is 4.65. The lowest BCUT2D eigenvalue weighted by atomic mass is 10.0. The summed E-state index contributed by atoms with van der Waals surface area (Å²) in [5, 5.41) is 0. The molecule has 4 N–H and O–H groups in total. The van der Waals surface area contributed by atoms with Crippen LogP contribution in [0.4, 0.5) is 30.5 Å². The second-order valence-electron chi connectivity index (χ2n) is 6.21. The van der Waals surface area contributed by atoms with E-state index in [4.69, 9.17) is 11.5 Å². The first-order chi connectivity index (χ1) is 12.7. The van der Waals surface area contributed by atoms with E-state index in [9.17, 15) is 13.2 Å². The van der Waals surface area contributed by atoms with Crippen molar-refractivity contribution in [3.63, 3.8) is 0 Å². The van der Waals surface area contributed by atoms with Crippen LogP contribution < -0.4 is 16.4 Å². The highest BCUT2D eigenvalue weighted by molar-refractivity contribution is 5.85. The molecule has 0 aliphatic carbocycles. The Morgan fingerprint density at radius 3 is 1.63 bits per heavy atom. The van der Waals surface area contributed by atoms with Crippen molar-refractivity contribution in [3.05, 3.63) is 54.1 Å². The molecule has 0 saturated carbocycles. The zero-order valence-electron chi connectivity index (χ0n) is 14.7. The number of hydrogen-bond donors (Lipinski definition) is 2. The van der Waals surface area contributed by atoms with Crippen molar-refractivity contribution in [1.29, 1.82) is 0 Å². The lowest BCUT2D eigenvalue weighted by molar-refractivity contribution is -0.137. The molecule has 0 atom stereocenters. The van der Waals surface area contributed by atoms with E-state index < -0.39 is 11.7 Å². The van der Waals surface area contributed by atoms with Gasteiger partial charge in [-0.1, -0.05) is 24.3 Å². The van der Waals surface area contributed by atoms with Crippen LogP contribution in [0.5, 0.6) is 0 Å². The van der Waals surface area contributed by atoms with Gasteiger partial charge in [0.25, 0.3) is 0 Å². The first-order valence-electron chi connectivity index (χ1n) is 8.05. The Labute approximate surface area is 154 Å². The number of nitrogens with zero attached hydrogens (tertiary/aromatic N) is 3. The topological polar surface area (TPSA) is 81.1 Å². The van der Waals surface area contributed by atoms with Gasteiger partial charge in [-0.15, -0.1) is 0 Å². The molecule has 0 saturated heterocycles. The monoisotopic (exact) mass is 373 g/mol. The first kappa shape index (κ1) is 18.5. The predicted octanol–water partition coefficient (Wildman–Crippen LogP) is 4.06. The van der Waals surface area contributed by atoms with Crippen LogP contribution in [0.25, 0.3) is 22.5 Å². The zero-order valence-corrected chi connectivity index (χ0v) is 14.7. The van der Waals surface area contributed by atoms with Crippen molar-refractivity contribution in [2.75, 3.05) is 30.5 Å². The third kappa shape index (κ3) is 3.79. The summed E-state index contributed by atoms with van der Waals surface area (Å²) in [5.74, 6) is -0.00853. The maximum absolute atomic E-state index is 12.8. The first-order valence-corrected chi connectivity index (χ1v) is 8.05. The van der Waals surface area contributed by atoms with Crippen LogP contribution in [0.2, 0.25) is 0 Å². The molecule has 0 bridgehead atoms.